The van der Waals surface area contributed by atoms with E-state index in [9.17, 15) is 9.50 Å². The summed E-state index contributed by atoms with van der Waals surface area (Å²) in [5.41, 5.74) is 0.602. The summed E-state index contributed by atoms with van der Waals surface area (Å²) in [6.07, 6.45) is -0.294. The van der Waals surface area contributed by atoms with Gasteiger partial charge in [-0.25, -0.2) is 4.39 Å². The number of halogens is 1. The van der Waals surface area contributed by atoms with Gasteiger partial charge < -0.3 is 14.9 Å². The quantitative estimate of drug-likeness (QED) is 0.856. The molecule has 0 aromatic heterocycles. The van der Waals surface area contributed by atoms with E-state index in [1.165, 1.54) is 12.1 Å². The summed E-state index contributed by atoms with van der Waals surface area (Å²) >= 11 is 0. The van der Waals surface area contributed by atoms with Gasteiger partial charge in [0.1, 0.15) is 5.82 Å². The zero-order valence-electron chi connectivity index (χ0n) is 11.7. The molecule has 1 aliphatic heterocycles. The highest BCUT2D eigenvalue weighted by Gasteiger charge is 2.25. The Hall–Kier alpha value is -1.01. The number of aliphatic hydroxyl groups is 2. The predicted molar refractivity (Wildman–Crippen MR) is 73.8 cm³/mol. The Bertz CT molecular complexity index is 429. The van der Waals surface area contributed by atoms with Crippen molar-refractivity contribution in [2.45, 2.75) is 31.6 Å². The van der Waals surface area contributed by atoms with Crippen LogP contribution in [0.5, 0.6) is 0 Å². The average molecular weight is 283 g/mol. The molecule has 3 atom stereocenters. The van der Waals surface area contributed by atoms with Crippen molar-refractivity contribution in [1.82, 2.24) is 4.90 Å². The van der Waals surface area contributed by atoms with E-state index in [-0.39, 0.29) is 24.6 Å². The van der Waals surface area contributed by atoms with Crippen LogP contribution in [-0.4, -0.2) is 53.6 Å². The highest BCUT2D eigenvalue weighted by molar-refractivity contribution is 5.18. The van der Waals surface area contributed by atoms with E-state index < -0.39 is 6.10 Å². The van der Waals surface area contributed by atoms with Crippen molar-refractivity contribution < 1.29 is 19.3 Å². The van der Waals surface area contributed by atoms with Gasteiger partial charge in [-0.1, -0.05) is 12.1 Å². The van der Waals surface area contributed by atoms with Gasteiger partial charge in [-0.2, -0.15) is 0 Å². The average Bonchev–Trinajstić information content (AvgIpc) is 2.46. The SMILES string of the molecule is CC1COC(CO)CN1CCC(O)c1cccc(F)c1. The summed E-state index contributed by atoms with van der Waals surface area (Å²) in [6.45, 7) is 4.01. The third kappa shape index (κ3) is 3.99. The molecule has 1 aromatic carbocycles. The second-order valence-corrected chi connectivity index (χ2v) is 5.34. The molecule has 5 heteroatoms. The first-order chi connectivity index (χ1) is 9.60. The summed E-state index contributed by atoms with van der Waals surface area (Å²) in [5.74, 6) is -0.332. The van der Waals surface area contributed by atoms with Crippen LogP contribution in [0.1, 0.15) is 25.0 Å². The Balaban J connectivity index is 1.87. The zero-order valence-corrected chi connectivity index (χ0v) is 11.7. The second-order valence-electron chi connectivity index (χ2n) is 5.34. The summed E-state index contributed by atoms with van der Waals surface area (Å²) in [7, 11) is 0. The number of rotatable bonds is 5. The maximum Gasteiger partial charge on any atom is 0.123 e. The highest BCUT2D eigenvalue weighted by Crippen LogP contribution is 2.20. The smallest absolute Gasteiger partial charge is 0.123 e. The van der Waals surface area contributed by atoms with Gasteiger partial charge in [-0.15, -0.1) is 0 Å². The number of hydrogen-bond acceptors (Lipinski definition) is 4. The number of nitrogens with zero attached hydrogens (tertiary/aromatic N) is 1. The summed E-state index contributed by atoms with van der Waals surface area (Å²) in [4.78, 5) is 2.19. The molecule has 2 N–H and O–H groups in total. The van der Waals surface area contributed by atoms with E-state index in [2.05, 4.69) is 11.8 Å². The molecule has 1 fully saturated rings. The molecule has 0 radical (unpaired) electrons. The Morgan fingerprint density at radius 1 is 1.50 bits per heavy atom. The van der Waals surface area contributed by atoms with Gasteiger partial charge in [-0.3, -0.25) is 4.90 Å². The van der Waals surface area contributed by atoms with Crippen molar-refractivity contribution in [3.63, 3.8) is 0 Å². The van der Waals surface area contributed by atoms with E-state index in [0.717, 1.165) is 0 Å². The molecule has 0 bridgehead atoms. The van der Waals surface area contributed by atoms with Crippen LogP contribution in [0.3, 0.4) is 0 Å². The molecule has 4 nitrogen and oxygen atoms in total. The molecule has 1 saturated heterocycles. The van der Waals surface area contributed by atoms with Crippen molar-refractivity contribution in [2.24, 2.45) is 0 Å². The van der Waals surface area contributed by atoms with E-state index in [0.29, 0.717) is 31.7 Å². The minimum absolute atomic E-state index is 0.00959. The minimum atomic E-state index is -0.673. The molecular formula is C15H22FNO3. The fourth-order valence-electron chi connectivity index (χ4n) is 2.47. The molecule has 20 heavy (non-hydrogen) atoms. The molecule has 0 saturated carbocycles. The predicted octanol–water partition coefficient (Wildman–Crippen LogP) is 1.33. The van der Waals surface area contributed by atoms with Crippen molar-refractivity contribution in [1.29, 1.82) is 0 Å². The van der Waals surface area contributed by atoms with Crippen LogP contribution >= 0.6 is 0 Å². The first-order valence-corrected chi connectivity index (χ1v) is 7.00. The van der Waals surface area contributed by atoms with E-state index in [1.807, 2.05) is 0 Å². The Kier molecular flexibility index (Phi) is 5.48. The fraction of sp³-hybridized carbons (Fsp3) is 0.600. The van der Waals surface area contributed by atoms with E-state index >= 15 is 0 Å². The van der Waals surface area contributed by atoms with Gasteiger partial charge in [0.2, 0.25) is 0 Å². The van der Waals surface area contributed by atoms with Crippen molar-refractivity contribution in [3.05, 3.63) is 35.6 Å². The number of aliphatic hydroxyl groups excluding tert-OH is 2. The largest absolute Gasteiger partial charge is 0.394 e. The molecule has 0 amide bonds. The van der Waals surface area contributed by atoms with Gasteiger partial charge >= 0.3 is 0 Å². The van der Waals surface area contributed by atoms with Crippen molar-refractivity contribution in [3.8, 4) is 0 Å². The lowest BCUT2D eigenvalue weighted by Gasteiger charge is -2.37. The Morgan fingerprint density at radius 2 is 2.30 bits per heavy atom. The molecule has 112 valence electrons. The van der Waals surface area contributed by atoms with Crippen LogP contribution in [0.25, 0.3) is 0 Å². The number of ether oxygens (including phenoxy) is 1. The normalized spacial score (nSPS) is 25.6. The number of hydrogen-bond donors (Lipinski definition) is 2. The first kappa shape index (κ1) is 15.4. The van der Waals surface area contributed by atoms with Gasteiger partial charge in [0.05, 0.1) is 25.4 Å². The maximum atomic E-state index is 13.1. The minimum Gasteiger partial charge on any atom is -0.394 e. The highest BCUT2D eigenvalue weighted by atomic mass is 19.1. The van der Waals surface area contributed by atoms with Crippen molar-refractivity contribution in [2.75, 3.05) is 26.3 Å². The molecule has 0 aliphatic carbocycles. The molecule has 0 spiro atoms. The fourth-order valence-corrected chi connectivity index (χ4v) is 2.47. The van der Waals surface area contributed by atoms with Crippen LogP contribution in [0.4, 0.5) is 4.39 Å². The summed E-state index contributed by atoms with van der Waals surface area (Å²) in [5, 5.41) is 19.2. The van der Waals surface area contributed by atoms with Gasteiger partial charge in [0.25, 0.3) is 0 Å². The van der Waals surface area contributed by atoms with Crippen molar-refractivity contribution >= 4 is 0 Å². The topological polar surface area (TPSA) is 52.9 Å². The first-order valence-electron chi connectivity index (χ1n) is 7.00. The van der Waals surface area contributed by atoms with Gasteiger partial charge in [0, 0.05) is 19.1 Å². The van der Waals surface area contributed by atoms with Gasteiger partial charge in [0.15, 0.2) is 0 Å². The standard InChI is InChI=1S/C15H22FNO3/c1-11-10-20-14(9-18)8-17(11)6-5-15(19)12-3-2-4-13(16)7-12/h2-4,7,11,14-15,18-19H,5-6,8-10H2,1H3. The lowest BCUT2D eigenvalue weighted by molar-refractivity contribution is -0.0801. The summed E-state index contributed by atoms with van der Waals surface area (Å²) < 4.78 is 18.6. The molecule has 1 aromatic rings. The third-order valence-corrected chi connectivity index (χ3v) is 3.76. The molecule has 1 aliphatic rings. The molecule has 3 unspecified atom stereocenters. The monoisotopic (exact) mass is 283 g/mol. The molecule has 2 rings (SSSR count). The van der Waals surface area contributed by atoms with Crippen LogP contribution in [0.2, 0.25) is 0 Å². The maximum absolute atomic E-state index is 13.1. The van der Waals surface area contributed by atoms with Crippen LogP contribution in [0.15, 0.2) is 24.3 Å². The van der Waals surface area contributed by atoms with Crippen LogP contribution in [-0.2, 0) is 4.74 Å². The molecular weight excluding hydrogens is 261 g/mol. The van der Waals surface area contributed by atoms with Crippen LogP contribution < -0.4 is 0 Å². The van der Waals surface area contributed by atoms with E-state index in [1.54, 1.807) is 12.1 Å². The lowest BCUT2D eigenvalue weighted by Crippen LogP contribution is -2.49. The lowest BCUT2D eigenvalue weighted by atomic mass is 10.1. The molecule has 1 heterocycles. The Morgan fingerprint density at radius 3 is 3.00 bits per heavy atom. The van der Waals surface area contributed by atoms with Gasteiger partial charge in [-0.05, 0) is 31.0 Å². The number of morpholine rings is 1. The summed E-state index contributed by atoms with van der Waals surface area (Å²) in [6, 6.07) is 6.33. The zero-order chi connectivity index (χ0) is 14.5. The third-order valence-electron chi connectivity index (χ3n) is 3.76. The van der Waals surface area contributed by atoms with E-state index in [4.69, 9.17) is 9.84 Å². The number of benzene rings is 1. The van der Waals surface area contributed by atoms with Crippen LogP contribution in [0, 0.1) is 5.82 Å². The Labute approximate surface area is 118 Å². The second kappa shape index (κ2) is 7.13.